The van der Waals surface area contributed by atoms with Crippen molar-refractivity contribution in [2.45, 2.75) is 19.4 Å². The lowest BCUT2D eigenvalue weighted by Gasteiger charge is -2.12. The summed E-state index contributed by atoms with van der Waals surface area (Å²) in [4.78, 5) is 15.1. The molecule has 100 valence electrons. The number of aliphatic carboxylic acids is 1. The second-order valence-corrected chi connectivity index (χ2v) is 4.20. The van der Waals surface area contributed by atoms with E-state index in [4.69, 9.17) is 15.6 Å². The topological polar surface area (TPSA) is 85.4 Å². The summed E-state index contributed by atoms with van der Waals surface area (Å²) in [6.45, 7) is 2.46. The zero-order chi connectivity index (χ0) is 13.8. The number of hydrogen-bond donors (Lipinski definition) is 2. The Kier molecular flexibility index (Phi) is 3.97. The van der Waals surface area contributed by atoms with Gasteiger partial charge < -0.3 is 15.6 Å². The third-order valence-corrected chi connectivity index (χ3v) is 2.88. The fraction of sp³-hybridized carbons (Fsp3) is 0.286. The van der Waals surface area contributed by atoms with Crippen LogP contribution in [0.3, 0.4) is 0 Å². The van der Waals surface area contributed by atoms with Gasteiger partial charge in [0.1, 0.15) is 17.3 Å². The monoisotopic (exact) mass is 260 g/mol. The molecule has 0 fully saturated rings. The molecule has 0 amide bonds. The normalized spacial score (nSPS) is 12.3. The number of carboxylic acid groups (broad SMARTS) is 1. The first kappa shape index (κ1) is 13.3. The maximum absolute atomic E-state index is 10.8. The average molecular weight is 260 g/mol. The van der Waals surface area contributed by atoms with Gasteiger partial charge in [-0.05, 0) is 31.0 Å². The predicted molar refractivity (Wildman–Crippen MR) is 72.2 cm³/mol. The highest BCUT2D eigenvalue weighted by Crippen LogP contribution is 2.27. The van der Waals surface area contributed by atoms with E-state index in [1.54, 1.807) is 6.20 Å². The Balaban J connectivity index is 2.46. The average Bonchev–Trinajstić information content (AvgIpc) is 2.41. The number of ether oxygens (including phenoxy) is 1. The van der Waals surface area contributed by atoms with Gasteiger partial charge in [-0.2, -0.15) is 0 Å². The first-order valence-electron chi connectivity index (χ1n) is 6.11. The molecule has 1 aromatic carbocycles. The minimum atomic E-state index is -1.01. The maximum Gasteiger partial charge on any atom is 0.320 e. The van der Waals surface area contributed by atoms with E-state index >= 15 is 0 Å². The maximum atomic E-state index is 10.8. The Morgan fingerprint density at radius 2 is 2.26 bits per heavy atom. The van der Waals surface area contributed by atoms with Crippen LogP contribution in [-0.2, 0) is 11.2 Å². The number of nitrogens with two attached hydrogens (primary N) is 1. The molecule has 0 aliphatic heterocycles. The van der Waals surface area contributed by atoms with Crippen molar-refractivity contribution in [3.63, 3.8) is 0 Å². The summed E-state index contributed by atoms with van der Waals surface area (Å²) >= 11 is 0. The number of hydrogen-bond acceptors (Lipinski definition) is 4. The number of carbonyl (C=O) groups is 1. The van der Waals surface area contributed by atoms with E-state index in [1.165, 1.54) is 0 Å². The fourth-order valence-electron chi connectivity index (χ4n) is 1.98. The number of fused-ring (bicyclic) bond motifs is 1. The Morgan fingerprint density at radius 3 is 2.95 bits per heavy atom. The molecule has 1 heterocycles. The summed E-state index contributed by atoms with van der Waals surface area (Å²) in [5.41, 5.74) is 7.18. The highest BCUT2D eigenvalue weighted by Gasteiger charge is 2.15. The fourth-order valence-corrected chi connectivity index (χ4v) is 1.98. The minimum absolute atomic E-state index is 0.268. The molecule has 0 saturated carbocycles. The highest BCUT2D eigenvalue weighted by molar-refractivity contribution is 5.88. The van der Waals surface area contributed by atoms with Gasteiger partial charge in [0.2, 0.25) is 0 Å². The lowest BCUT2D eigenvalue weighted by atomic mass is 10.0. The van der Waals surface area contributed by atoms with Crippen LogP contribution in [0, 0.1) is 0 Å². The van der Waals surface area contributed by atoms with Gasteiger partial charge in [-0.1, -0.05) is 12.1 Å². The van der Waals surface area contributed by atoms with Gasteiger partial charge in [-0.25, -0.2) is 0 Å². The quantitative estimate of drug-likeness (QED) is 0.852. The molecular formula is C14H16N2O3. The summed E-state index contributed by atoms with van der Waals surface area (Å²) in [5.74, 6) is -0.309. The smallest absolute Gasteiger partial charge is 0.320 e. The zero-order valence-corrected chi connectivity index (χ0v) is 10.7. The molecule has 5 nitrogen and oxygen atoms in total. The number of aromatic nitrogens is 1. The standard InChI is InChI=1S/C14H16N2O3/c1-2-19-12-6-5-9(8-11(15)14(17)18)10-4-3-7-16-13(10)12/h3-7,11H,2,8,15H2,1H3,(H,17,18). The summed E-state index contributed by atoms with van der Waals surface area (Å²) in [7, 11) is 0. The van der Waals surface area contributed by atoms with Crippen LogP contribution in [0.5, 0.6) is 5.75 Å². The van der Waals surface area contributed by atoms with E-state index in [0.29, 0.717) is 12.4 Å². The van der Waals surface area contributed by atoms with E-state index in [1.807, 2.05) is 31.2 Å². The largest absolute Gasteiger partial charge is 0.492 e. The van der Waals surface area contributed by atoms with Crippen LogP contribution in [0.2, 0.25) is 0 Å². The molecule has 0 saturated heterocycles. The highest BCUT2D eigenvalue weighted by atomic mass is 16.5. The molecule has 0 radical (unpaired) electrons. The Bertz CT molecular complexity index is 598. The lowest BCUT2D eigenvalue weighted by molar-refractivity contribution is -0.138. The number of benzene rings is 1. The van der Waals surface area contributed by atoms with Crippen molar-refractivity contribution in [3.8, 4) is 5.75 Å². The zero-order valence-electron chi connectivity index (χ0n) is 10.7. The van der Waals surface area contributed by atoms with Crippen LogP contribution in [-0.4, -0.2) is 28.7 Å². The van der Waals surface area contributed by atoms with Crippen LogP contribution in [0.1, 0.15) is 12.5 Å². The van der Waals surface area contributed by atoms with Crippen molar-refractivity contribution in [1.29, 1.82) is 0 Å². The molecule has 1 unspecified atom stereocenters. The predicted octanol–water partition coefficient (Wildman–Crippen LogP) is 1.59. The summed E-state index contributed by atoms with van der Waals surface area (Å²) in [6.07, 6.45) is 1.95. The number of pyridine rings is 1. The van der Waals surface area contributed by atoms with Crippen molar-refractivity contribution < 1.29 is 14.6 Å². The SMILES string of the molecule is CCOc1ccc(CC(N)C(=O)O)c2cccnc12. The first-order valence-corrected chi connectivity index (χ1v) is 6.11. The molecule has 0 aliphatic rings. The van der Waals surface area contributed by atoms with Crippen molar-refractivity contribution >= 4 is 16.9 Å². The van der Waals surface area contributed by atoms with Gasteiger partial charge in [-0.15, -0.1) is 0 Å². The molecule has 2 rings (SSSR count). The van der Waals surface area contributed by atoms with Gasteiger partial charge >= 0.3 is 5.97 Å². The van der Waals surface area contributed by atoms with E-state index in [0.717, 1.165) is 16.5 Å². The molecule has 5 heteroatoms. The van der Waals surface area contributed by atoms with E-state index in [9.17, 15) is 4.79 Å². The molecule has 3 N–H and O–H groups in total. The van der Waals surface area contributed by atoms with Crippen molar-refractivity contribution in [2.75, 3.05) is 6.61 Å². The van der Waals surface area contributed by atoms with Crippen molar-refractivity contribution in [3.05, 3.63) is 36.0 Å². The molecule has 1 aromatic heterocycles. The van der Waals surface area contributed by atoms with Gasteiger partial charge in [0, 0.05) is 11.6 Å². The summed E-state index contributed by atoms with van der Waals surface area (Å²) in [5, 5.41) is 9.77. The van der Waals surface area contributed by atoms with Crippen LogP contribution in [0.4, 0.5) is 0 Å². The molecule has 2 aromatic rings. The van der Waals surface area contributed by atoms with Crippen LogP contribution in [0.15, 0.2) is 30.5 Å². The second kappa shape index (κ2) is 5.67. The Labute approximate surface area is 111 Å². The first-order chi connectivity index (χ1) is 9.13. The molecular weight excluding hydrogens is 244 g/mol. The molecule has 0 spiro atoms. The van der Waals surface area contributed by atoms with Gasteiger partial charge in [0.25, 0.3) is 0 Å². The van der Waals surface area contributed by atoms with Gasteiger partial charge in [-0.3, -0.25) is 9.78 Å². The third kappa shape index (κ3) is 2.82. The Hall–Kier alpha value is -2.14. The third-order valence-electron chi connectivity index (χ3n) is 2.88. The minimum Gasteiger partial charge on any atom is -0.492 e. The molecule has 19 heavy (non-hydrogen) atoms. The number of rotatable bonds is 5. The van der Waals surface area contributed by atoms with E-state index in [-0.39, 0.29) is 6.42 Å². The summed E-state index contributed by atoms with van der Waals surface area (Å²) in [6, 6.07) is 6.45. The van der Waals surface area contributed by atoms with Gasteiger partial charge in [0.05, 0.1) is 6.61 Å². The van der Waals surface area contributed by atoms with E-state index in [2.05, 4.69) is 4.98 Å². The van der Waals surface area contributed by atoms with Crippen molar-refractivity contribution in [2.24, 2.45) is 5.73 Å². The van der Waals surface area contributed by atoms with Crippen LogP contribution < -0.4 is 10.5 Å². The molecule has 0 aliphatic carbocycles. The second-order valence-electron chi connectivity index (χ2n) is 4.20. The van der Waals surface area contributed by atoms with Crippen LogP contribution in [0.25, 0.3) is 10.9 Å². The lowest BCUT2D eigenvalue weighted by Crippen LogP contribution is -2.32. The number of carboxylic acids is 1. The molecule has 0 bridgehead atoms. The summed E-state index contributed by atoms with van der Waals surface area (Å²) < 4.78 is 5.52. The number of nitrogens with zero attached hydrogens (tertiary/aromatic N) is 1. The Morgan fingerprint density at radius 1 is 1.47 bits per heavy atom. The van der Waals surface area contributed by atoms with Crippen molar-refractivity contribution in [1.82, 2.24) is 4.98 Å². The van der Waals surface area contributed by atoms with Crippen LogP contribution >= 0.6 is 0 Å². The molecule has 1 atom stereocenters. The van der Waals surface area contributed by atoms with E-state index < -0.39 is 12.0 Å². The van der Waals surface area contributed by atoms with Gasteiger partial charge in [0.15, 0.2) is 0 Å².